The Labute approximate surface area is 119 Å². The van der Waals surface area contributed by atoms with Crippen LogP contribution in [0.25, 0.3) is 0 Å². The highest BCUT2D eigenvalue weighted by molar-refractivity contribution is 5.61. The highest BCUT2D eigenvalue weighted by Gasteiger charge is 2.48. The van der Waals surface area contributed by atoms with Crippen molar-refractivity contribution in [1.82, 2.24) is 10.2 Å². The van der Waals surface area contributed by atoms with E-state index in [1.54, 1.807) is 0 Å². The van der Waals surface area contributed by atoms with E-state index in [0.717, 1.165) is 32.4 Å². The van der Waals surface area contributed by atoms with Crippen LogP contribution in [0.2, 0.25) is 0 Å². The molecule has 112 valence electrons. The molecule has 0 aromatic carbocycles. The molecule has 0 aliphatic carbocycles. The Morgan fingerprint density at radius 3 is 2.26 bits per heavy atom. The van der Waals surface area contributed by atoms with Gasteiger partial charge in [-0.25, -0.2) is 0 Å². The van der Waals surface area contributed by atoms with Gasteiger partial charge in [0, 0.05) is 17.6 Å². The fourth-order valence-corrected chi connectivity index (χ4v) is 3.45. The number of aldehydes is 1. The zero-order chi connectivity index (χ0) is 14.5. The molecule has 0 bridgehead atoms. The van der Waals surface area contributed by atoms with Crippen molar-refractivity contribution in [2.75, 3.05) is 13.1 Å². The summed E-state index contributed by atoms with van der Waals surface area (Å²) in [7, 11) is 0. The first-order chi connectivity index (χ1) is 9.00. The molecular formula is C16H32N2O. The molecule has 1 N–H and O–H groups in total. The van der Waals surface area contributed by atoms with Gasteiger partial charge in [-0.2, -0.15) is 0 Å². The summed E-state index contributed by atoms with van der Waals surface area (Å²) in [6.45, 7) is 13.2. The van der Waals surface area contributed by atoms with Crippen molar-refractivity contribution >= 4 is 6.29 Å². The largest absolute Gasteiger partial charge is 0.303 e. The first-order valence-electron chi connectivity index (χ1n) is 7.99. The van der Waals surface area contributed by atoms with Gasteiger partial charge in [0.05, 0.1) is 6.04 Å². The maximum absolute atomic E-state index is 11.7. The fourth-order valence-electron chi connectivity index (χ4n) is 3.45. The number of rotatable bonds is 7. The maximum Gasteiger partial charge on any atom is 0.139 e. The third-order valence-corrected chi connectivity index (χ3v) is 5.03. The second-order valence-corrected chi connectivity index (χ2v) is 6.31. The summed E-state index contributed by atoms with van der Waals surface area (Å²) in [5.74, 6) is 0. The van der Waals surface area contributed by atoms with Crippen LogP contribution in [0.15, 0.2) is 0 Å². The number of hydrogen-bond donors (Lipinski definition) is 1. The lowest BCUT2D eigenvalue weighted by Crippen LogP contribution is -2.74. The van der Waals surface area contributed by atoms with Gasteiger partial charge in [-0.1, -0.05) is 34.1 Å². The van der Waals surface area contributed by atoms with E-state index in [-0.39, 0.29) is 17.1 Å². The number of carbonyl (C=O) groups is 1. The first kappa shape index (κ1) is 16.6. The topological polar surface area (TPSA) is 32.3 Å². The molecule has 2 unspecified atom stereocenters. The molecule has 0 aromatic rings. The van der Waals surface area contributed by atoms with Crippen LogP contribution in [0.4, 0.5) is 0 Å². The number of carbonyl (C=O) groups excluding carboxylic acids is 1. The minimum Gasteiger partial charge on any atom is -0.303 e. The van der Waals surface area contributed by atoms with E-state index in [1.807, 2.05) is 0 Å². The van der Waals surface area contributed by atoms with Crippen molar-refractivity contribution in [2.24, 2.45) is 0 Å². The number of nitrogens with one attached hydrogen (secondary N) is 1. The van der Waals surface area contributed by atoms with Crippen LogP contribution >= 0.6 is 0 Å². The third-order valence-electron chi connectivity index (χ3n) is 5.03. The van der Waals surface area contributed by atoms with Crippen LogP contribution in [0, 0.1) is 0 Å². The van der Waals surface area contributed by atoms with Crippen LogP contribution in [-0.4, -0.2) is 41.4 Å². The predicted molar refractivity (Wildman–Crippen MR) is 81.5 cm³/mol. The van der Waals surface area contributed by atoms with Gasteiger partial charge in [0.25, 0.3) is 0 Å². The lowest BCUT2D eigenvalue weighted by Gasteiger charge is -2.55. The van der Waals surface area contributed by atoms with Gasteiger partial charge in [0.2, 0.25) is 0 Å². The molecule has 3 heteroatoms. The zero-order valence-electron chi connectivity index (χ0n) is 13.5. The minimum absolute atomic E-state index is 0.0219. The van der Waals surface area contributed by atoms with Gasteiger partial charge in [0.1, 0.15) is 6.29 Å². The van der Waals surface area contributed by atoms with Crippen LogP contribution in [0.5, 0.6) is 0 Å². The molecule has 3 nitrogen and oxygen atoms in total. The van der Waals surface area contributed by atoms with Crippen molar-refractivity contribution in [3.63, 3.8) is 0 Å². The van der Waals surface area contributed by atoms with Gasteiger partial charge in [-0.05, 0) is 39.2 Å². The second kappa shape index (κ2) is 6.85. The second-order valence-electron chi connectivity index (χ2n) is 6.31. The Morgan fingerprint density at radius 1 is 1.21 bits per heavy atom. The van der Waals surface area contributed by atoms with E-state index >= 15 is 0 Å². The van der Waals surface area contributed by atoms with E-state index in [9.17, 15) is 4.79 Å². The Morgan fingerprint density at radius 2 is 1.84 bits per heavy atom. The fraction of sp³-hybridized carbons (Fsp3) is 0.938. The minimum atomic E-state index is -0.0570. The maximum atomic E-state index is 11.7. The van der Waals surface area contributed by atoms with Crippen molar-refractivity contribution in [3.05, 3.63) is 0 Å². The molecule has 1 aliphatic rings. The SMILES string of the molecule is CCCCN1CC(C)(CC)NC(CC)(CC)C1C=O. The van der Waals surface area contributed by atoms with E-state index in [0.29, 0.717) is 0 Å². The van der Waals surface area contributed by atoms with Gasteiger partial charge in [-0.15, -0.1) is 0 Å². The van der Waals surface area contributed by atoms with Gasteiger partial charge < -0.3 is 10.1 Å². The summed E-state index contributed by atoms with van der Waals surface area (Å²) < 4.78 is 0. The molecule has 1 aliphatic heterocycles. The summed E-state index contributed by atoms with van der Waals surface area (Å²) in [6.07, 6.45) is 6.64. The van der Waals surface area contributed by atoms with Crippen molar-refractivity contribution in [2.45, 2.75) is 83.8 Å². The lowest BCUT2D eigenvalue weighted by molar-refractivity contribution is -0.120. The smallest absolute Gasteiger partial charge is 0.139 e. The molecule has 0 radical (unpaired) electrons. The number of hydrogen-bond acceptors (Lipinski definition) is 3. The standard InChI is InChI=1S/C16H32N2O/c1-6-10-11-18-13-15(5,7-2)17-16(8-3,9-4)14(18)12-19/h12,14,17H,6-11,13H2,1-5H3. The van der Waals surface area contributed by atoms with Gasteiger partial charge in [0.15, 0.2) is 0 Å². The molecule has 1 rings (SSSR count). The molecule has 0 spiro atoms. The average Bonchev–Trinajstić information content (AvgIpc) is 2.44. The van der Waals surface area contributed by atoms with Gasteiger partial charge in [-0.3, -0.25) is 4.90 Å². The quantitative estimate of drug-likeness (QED) is 0.720. The molecule has 19 heavy (non-hydrogen) atoms. The summed E-state index contributed by atoms with van der Waals surface area (Å²) in [5, 5.41) is 3.83. The normalized spacial score (nSPS) is 31.3. The predicted octanol–water partition coefficient (Wildman–Crippen LogP) is 2.99. The van der Waals surface area contributed by atoms with Crippen LogP contribution < -0.4 is 5.32 Å². The molecule has 0 amide bonds. The Kier molecular flexibility index (Phi) is 6.00. The van der Waals surface area contributed by atoms with E-state index in [4.69, 9.17) is 0 Å². The Bertz CT molecular complexity index is 288. The highest BCUT2D eigenvalue weighted by Crippen LogP contribution is 2.33. The summed E-state index contributed by atoms with van der Waals surface area (Å²) in [5.41, 5.74) is 0.0672. The monoisotopic (exact) mass is 268 g/mol. The van der Waals surface area contributed by atoms with Crippen molar-refractivity contribution in [3.8, 4) is 0 Å². The van der Waals surface area contributed by atoms with Gasteiger partial charge >= 0.3 is 0 Å². The summed E-state index contributed by atoms with van der Waals surface area (Å²) >= 11 is 0. The molecular weight excluding hydrogens is 236 g/mol. The third kappa shape index (κ3) is 3.38. The van der Waals surface area contributed by atoms with Crippen LogP contribution in [-0.2, 0) is 4.79 Å². The Hall–Kier alpha value is -0.410. The Balaban J connectivity index is 3.04. The van der Waals surface area contributed by atoms with E-state index in [2.05, 4.69) is 44.8 Å². The highest BCUT2D eigenvalue weighted by atomic mass is 16.1. The molecule has 0 saturated carbocycles. The molecule has 1 heterocycles. The van der Waals surface area contributed by atoms with E-state index < -0.39 is 0 Å². The molecule has 0 aromatic heterocycles. The zero-order valence-corrected chi connectivity index (χ0v) is 13.5. The van der Waals surface area contributed by atoms with Crippen LogP contribution in [0.3, 0.4) is 0 Å². The van der Waals surface area contributed by atoms with Crippen molar-refractivity contribution < 1.29 is 4.79 Å². The molecule has 1 fully saturated rings. The van der Waals surface area contributed by atoms with Crippen LogP contribution in [0.1, 0.15) is 66.7 Å². The molecule has 2 atom stereocenters. The lowest BCUT2D eigenvalue weighted by atomic mass is 9.77. The van der Waals surface area contributed by atoms with Crippen molar-refractivity contribution in [1.29, 1.82) is 0 Å². The number of nitrogens with zero attached hydrogens (tertiary/aromatic N) is 1. The summed E-state index contributed by atoms with van der Waals surface area (Å²) in [4.78, 5) is 14.1. The average molecular weight is 268 g/mol. The summed E-state index contributed by atoms with van der Waals surface area (Å²) in [6, 6.07) is 0.0219. The first-order valence-corrected chi connectivity index (χ1v) is 7.99. The number of piperazine rings is 1. The molecule has 1 saturated heterocycles. The van der Waals surface area contributed by atoms with E-state index in [1.165, 1.54) is 19.1 Å². The number of unbranched alkanes of at least 4 members (excludes halogenated alkanes) is 1.